The molecule has 1 aromatic carbocycles. The van der Waals surface area contributed by atoms with Crippen molar-refractivity contribution in [2.24, 2.45) is 0 Å². The zero-order chi connectivity index (χ0) is 12.1. The maximum Gasteiger partial charge on any atom is 0.304 e. The molecule has 1 rings (SSSR count). The van der Waals surface area contributed by atoms with Gasteiger partial charge in [0, 0.05) is 12.5 Å². The molecule has 0 heterocycles. The molecule has 2 nitrogen and oxygen atoms in total. The lowest BCUT2D eigenvalue weighted by atomic mass is 10.0. The van der Waals surface area contributed by atoms with E-state index in [0.717, 1.165) is 5.56 Å². The van der Waals surface area contributed by atoms with Crippen LogP contribution in [0.4, 0.5) is 0 Å². The first-order chi connectivity index (χ1) is 7.54. The summed E-state index contributed by atoms with van der Waals surface area (Å²) in [6, 6.07) is 7.83. The van der Waals surface area contributed by atoms with Crippen LogP contribution in [0.15, 0.2) is 24.3 Å². The van der Waals surface area contributed by atoms with Crippen molar-refractivity contribution in [3.05, 3.63) is 35.4 Å². The topological polar surface area (TPSA) is 26.3 Å². The Bertz CT molecular complexity index is 396. The fraction of sp³-hybridized carbons (Fsp3) is 0.357. The molecule has 1 atom stereocenters. The summed E-state index contributed by atoms with van der Waals surface area (Å²) in [6.45, 7) is 5.60. The number of hydrogen-bond acceptors (Lipinski definition) is 2. The summed E-state index contributed by atoms with van der Waals surface area (Å²) in [5.74, 6) is 2.57. The Labute approximate surface area is 96.6 Å². The molecule has 0 spiro atoms. The molecule has 0 unspecified atom stereocenters. The lowest BCUT2D eigenvalue weighted by molar-refractivity contribution is -0.144. The van der Waals surface area contributed by atoms with E-state index in [0.29, 0.717) is 5.92 Å². The first-order valence-electron chi connectivity index (χ1n) is 5.27. The summed E-state index contributed by atoms with van der Waals surface area (Å²) < 4.78 is 5.01. The second kappa shape index (κ2) is 5.37. The van der Waals surface area contributed by atoms with Gasteiger partial charge in [-0.05, 0) is 11.5 Å². The van der Waals surface area contributed by atoms with Gasteiger partial charge in [-0.1, -0.05) is 44.0 Å². The molecule has 0 aliphatic heterocycles. The molecule has 2 heteroatoms. The minimum atomic E-state index is -0.585. The van der Waals surface area contributed by atoms with Crippen LogP contribution in [0, 0.1) is 12.3 Å². The van der Waals surface area contributed by atoms with Gasteiger partial charge in [0.05, 0.1) is 0 Å². The quantitative estimate of drug-likeness (QED) is 0.573. The van der Waals surface area contributed by atoms with Crippen LogP contribution in [0.25, 0.3) is 0 Å². The summed E-state index contributed by atoms with van der Waals surface area (Å²) in [5.41, 5.74) is 2.07. The molecule has 0 N–H and O–H groups in total. The van der Waals surface area contributed by atoms with Gasteiger partial charge in [-0.3, -0.25) is 4.79 Å². The van der Waals surface area contributed by atoms with Crippen molar-refractivity contribution in [1.29, 1.82) is 0 Å². The Kier molecular flexibility index (Phi) is 4.13. The fourth-order valence-electron chi connectivity index (χ4n) is 1.42. The lowest BCUT2D eigenvalue weighted by Gasteiger charge is -2.12. The number of ether oxygens (including phenoxy) is 1. The molecular formula is C14H16O2. The van der Waals surface area contributed by atoms with E-state index >= 15 is 0 Å². The number of rotatable bonds is 3. The van der Waals surface area contributed by atoms with Crippen LogP contribution >= 0.6 is 0 Å². The highest BCUT2D eigenvalue weighted by Crippen LogP contribution is 2.20. The van der Waals surface area contributed by atoms with Crippen molar-refractivity contribution >= 4 is 5.97 Å². The van der Waals surface area contributed by atoms with Crippen molar-refractivity contribution in [3.63, 3.8) is 0 Å². The summed E-state index contributed by atoms with van der Waals surface area (Å²) >= 11 is 0. The third kappa shape index (κ3) is 3.13. The highest BCUT2D eigenvalue weighted by molar-refractivity contribution is 5.66. The van der Waals surface area contributed by atoms with Gasteiger partial charge in [0.2, 0.25) is 0 Å². The van der Waals surface area contributed by atoms with Crippen LogP contribution in [0.5, 0.6) is 0 Å². The van der Waals surface area contributed by atoms with E-state index in [4.69, 9.17) is 11.2 Å². The van der Waals surface area contributed by atoms with Crippen LogP contribution in [0.3, 0.4) is 0 Å². The van der Waals surface area contributed by atoms with Crippen molar-refractivity contribution in [2.75, 3.05) is 0 Å². The molecule has 16 heavy (non-hydrogen) atoms. The van der Waals surface area contributed by atoms with Crippen LogP contribution in [0.1, 0.15) is 43.9 Å². The van der Waals surface area contributed by atoms with Crippen molar-refractivity contribution in [2.45, 2.75) is 32.8 Å². The Balaban J connectivity index is 2.87. The normalized spacial score (nSPS) is 11.9. The average molecular weight is 216 g/mol. The van der Waals surface area contributed by atoms with Crippen molar-refractivity contribution < 1.29 is 9.53 Å². The number of carbonyl (C=O) groups excluding carboxylic acids is 1. The SMILES string of the molecule is C#C[C@@H](OC(C)=O)c1ccc(C(C)C)cc1. The second-order valence-corrected chi connectivity index (χ2v) is 3.98. The number of terminal acetylenes is 1. The van der Waals surface area contributed by atoms with Crippen molar-refractivity contribution in [1.82, 2.24) is 0 Å². The van der Waals surface area contributed by atoms with Gasteiger partial charge in [0.15, 0.2) is 6.10 Å². The van der Waals surface area contributed by atoms with Crippen molar-refractivity contribution in [3.8, 4) is 12.3 Å². The molecule has 1 aromatic rings. The molecule has 0 aliphatic rings. The molecular weight excluding hydrogens is 200 g/mol. The standard InChI is InChI=1S/C14H16O2/c1-5-14(16-11(4)15)13-8-6-12(7-9-13)10(2)3/h1,6-10,14H,2-4H3/t14-/m1/s1. The smallest absolute Gasteiger partial charge is 0.304 e. The minimum absolute atomic E-state index is 0.365. The Morgan fingerprint density at radius 1 is 1.25 bits per heavy atom. The Morgan fingerprint density at radius 2 is 1.75 bits per heavy atom. The van der Waals surface area contributed by atoms with E-state index < -0.39 is 6.10 Å². The van der Waals surface area contributed by atoms with Gasteiger partial charge in [-0.15, -0.1) is 6.42 Å². The van der Waals surface area contributed by atoms with Gasteiger partial charge < -0.3 is 4.74 Å². The molecule has 0 aliphatic carbocycles. The third-order valence-corrected chi connectivity index (χ3v) is 2.34. The Hall–Kier alpha value is -1.75. The van der Waals surface area contributed by atoms with Crippen LogP contribution in [-0.4, -0.2) is 5.97 Å². The number of hydrogen-bond donors (Lipinski definition) is 0. The summed E-state index contributed by atoms with van der Waals surface area (Å²) in [5, 5.41) is 0. The molecule has 0 amide bonds. The average Bonchev–Trinajstić information content (AvgIpc) is 2.25. The molecule has 0 saturated heterocycles. The van der Waals surface area contributed by atoms with Gasteiger partial charge in [-0.2, -0.15) is 0 Å². The lowest BCUT2D eigenvalue weighted by Crippen LogP contribution is -2.06. The van der Waals surface area contributed by atoms with Gasteiger partial charge in [-0.25, -0.2) is 0 Å². The van der Waals surface area contributed by atoms with E-state index in [-0.39, 0.29) is 5.97 Å². The predicted molar refractivity (Wildman–Crippen MR) is 63.9 cm³/mol. The zero-order valence-electron chi connectivity index (χ0n) is 9.86. The highest BCUT2D eigenvalue weighted by atomic mass is 16.5. The monoisotopic (exact) mass is 216 g/mol. The van der Waals surface area contributed by atoms with Gasteiger partial charge >= 0.3 is 5.97 Å². The largest absolute Gasteiger partial charge is 0.444 e. The van der Waals surface area contributed by atoms with E-state index in [1.165, 1.54) is 12.5 Å². The van der Waals surface area contributed by atoms with E-state index in [1.807, 2.05) is 24.3 Å². The predicted octanol–water partition coefficient (Wildman–Crippen LogP) is 3.05. The maximum atomic E-state index is 10.8. The number of esters is 1. The van der Waals surface area contributed by atoms with Crippen LogP contribution in [0.2, 0.25) is 0 Å². The number of carbonyl (C=O) groups is 1. The molecule has 0 fully saturated rings. The molecule has 84 valence electrons. The second-order valence-electron chi connectivity index (χ2n) is 3.98. The Morgan fingerprint density at radius 3 is 2.12 bits per heavy atom. The number of benzene rings is 1. The molecule has 0 bridgehead atoms. The fourth-order valence-corrected chi connectivity index (χ4v) is 1.42. The van der Waals surface area contributed by atoms with Gasteiger partial charge in [0.25, 0.3) is 0 Å². The van der Waals surface area contributed by atoms with E-state index in [1.54, 1.807) is 0 Å². The van der Waals surface area contributed by atoms with Crippen LogP contribution in [-0.2, 0) is 9.53 Å². The molecule has 0 radical (unpaired) electrons. The van der Waals surface area contributed by atoms with Gasteiger partial charge in [0.1, 0.15) is 0 Å². The van der Waals surface area contributed by atoms with E-state index in [2.05, 4.69) is 19.8 Å². The van der Waals surface area contributed by atoms with E-state index in [9.17, 15) is 4.79 Å². The third-order valence-electron chi connectivity index (χ3n) is 2.34. The minimum Gasteiger partial charge on any atom is -0.444 e. The summed E-state index contributed by atoms with van der Waals surface area (Å²) in [4.78, 5) is 10.8. The highest BCUT2D eigenvalue weighted by Gasteiger charge is 2.11. The first-order valence-corrected chi connectivity index (χ1v) is 5.27. The first kappa shape index (κ1) is 12.3. The van der Waals surface area contributed by atoms with Crippen LogP contribution < -0.4 is 0 Å². The summed E-state index contributed by atoms with van der Waals surface area (Å²) in [6.07, 6.45) is 4.74. The zero-order valence-corrected chi connectivity index (χ0v) is 9.86. The molecule has 0 aromatic heterocycles. The maximum absolute atomic E-state index is 10.8. The summed E-state index contributed by atoms with van der Waals surface area (Å²) in [7, 11) is 0. The molecule has 0 saturated carbocycles.